The van der Waals surface area contributed by atoms with E-state index in [1.165, 1.54) is 4.31 Å². The minimum absolute atomic E-state index is 0.434. The Hall–Kier alpha value is -0.210. The van der Waals surface area contributed by atoms with Gasteiger partial charge in [-0.25, -0.2) is 4.72 Å². The maximum absolute atomic E-state index is 11.8. The van der Waals surface area contributed by atoms with Crippen LogP contribution >= 0.6 is 0 Å². The smallest absolute Gasteiger partial charge is 0.279 e. The van der Waals surface area contributed by atoms with E-state index in [2.05, 4.69) is 23.9 Å². The van der Waals surface area contributed by atoms with Crippen molar-refractivity contribution in [2.75, 3.05) is 47.3 Å². The Balaban J connectivity index is 3.88. The SMILES string of the molecule is CC(C)NCCCN(C)S(=O)(=O)NCCN(C)C. The molecule has 110 valence electrons. The molecule has 0 aromatic heterocycles. The summed E-state index contributed by atoms with van der Waals surface area (Å²) in [5, 5.41) is 3.26. The molecule has 0 aromatic carbocycles. The number of nitrogens with one attached hydrogen (secondary N) is 2. The van der Waals surface area contributed by atoms with E-state index in [0.29, 0.717) is 25.7 Å². The molecule has 0 bridgehead atoms. The summed E-state index contributed by atoms with van der Waals surface area (Å²) in [5.41, 5.74) is 0. The molecule has 0 spiro atoms. The zero-order chi connectivity index (χ0) is 14.2. The molecule has 0 aliphatic carbocycles. The minimum Gasteiger partial charge on any atom is -0.314 e. The van der Waals surface area contributed by atoms with Crippen molar-refractivity contribution in [3.05, 3.63) is 0 Å². The minimum atomic E-state index is -3.33. The van der Waals surface area contributed by atoms with Crippen LogP contribution in [0.15, 0.2) is 0 Å². The largest absolute Gasteiger partial charge is 0.314 e. The molecule has 6 nitrogen and oxygen atoms in total. The van der Waals surface area contributed by atoms with Crippen LogP contribution in [0.1, 0.15) is 20.3 Å². The van der Waals surface area contributed by atoms with Crippen LogP contribution in [0.2, 0.25) is 0 Å². The van der Waals surface area contributed by atoms with Crippen LogP contribution in [-0.2, 0) is 10.2 Å². The van der Waals surface area contributed by atoms with Gasteiger partial charge in [0, 0.05) is 32.7 Å². The summed E-state index contributed by atoms with van der Waals surface area (Å²) in [6.45, 7) is 6.63. The summed E-state index contributed by atoms with van der Waals surface area (Å²) in [7, 11) is 2.10. The van der Waals surface area contributed by atoms with E-state index in [-0.39, 0.29) is 0 Å². The van der Waals surface area contributed by atoms with Gasteiger partial charge >= 0.3 is 0 Å². The standard InChI is InChI=1S/C11H28N4O2S/c1-11(2)12-7-6-9-15(5)18(16,17)13-8-10-14(3)4/h11-13H,6-10H2,1-5H3. The van der Waals surface area contributed by atoms with Gasteiger partial charge in [-0.3, -0.25) is 0 Å². The second-order valence-electron chi connectivity index (χ2n) is 4.99. The molecule has 0 aliphatic heterocycles. The zero-order valence-corrected chi connectivity index (χ0v) is 13.0. The van der Waals surface area contributed by atoms with Crippen molar-refractivity contribution in [2.45, 2.75) is 26.3 Å². The number of hydrogen-bond acceptors (Lipinski definition) is 4. The van der Waals surface area contributed by atoms with E-state index in [4.69, 9.17) is 0 Å². The third-order valence-corrected chi connectivity index (χ3v) is 4.03. The summed E-state index contributed by atoms with van der Waals surface area (Å²) in [6.07, 6.45) is 0.809. The Morgan fingerprint density at radius 2 is 1.67 bits per heavy atom. The first kappa shape index (κ1) is 17.8. The van der Waals surface area contributed by atoms with Crippen molar-refractivity contribution < 1.29 is 8.42 Å². The third-order valence-electron chi connectivity index (χ3n) is 2.46. The summed E-state index contributed by atoms with van der Waals surface area (Å²) in [4.78, 5) is 1.94. The maximum atomic E-state index is 11.8. The number of likely N-dealkylation sites (N-methyl/N-ethyl adjacent to an activating group) is 1. The lowest BCUT2D eigenvalue weighted by Gasteiger charge is -2.19. The number of rotatable bonds is 10. The van der Waals surface area contributed by atoms with E-state index in [1.807, 2.05) is 19.0 Å². The molecule has 0 saturated heterocycles. The third kappa shape index (κ3) is 8.82. The Kier molecular flexibility index (Phi) is 8.71. The van der Waals surface area contributed by atoms with Gasteiger partial charge in [-0.2, -0.15) is 12.7 Å². The second-order valence-corrected chi connectivity index (χ2v) is 6.85. The zero-order valence-electron chi connectivity index (χ0n) is 12.2. The summed E-state index contributed by atoms with van der Waals surface area (Å²) >= 11 is 0. The van der Waals surface area contributed by atoms with Crippen LogP contribution < -0.4 is 10.0 Å². The molecule has 0 amide bonds. The fourth-order valence-corrected chi connectivity index (χ4v) is 2.26. The lowest BCUT2D eigenvalue weighted by Crippen LogP contribution is -2.41. The molecule has 0 unspecified atom stereocenters. The molecule has 2 N–H and O–H groups in total. The first-order chi connectivity index (χ1) is 8.25. The maximum Gasteiger partial charge on any atom is 0.279 e. The first-order valence-electron chi connectivity index (χ1n) is 6.34. The van der Waals surface area contributed by atoms with Crippen molar-refractivity contribution in [3.8, 4) is 0 Å². The molecule has 0 heterocycles. The average Bonchev–Trinajstić information content (AvgIpc) is 2.22. The van der Waals surface area contributed by atoms with Crippen molar-refractivity contribution in [3.63, 3.8) is 0 Å². The topological polar surface area (TPSA) is 64.7 Å². The van der Waals surface area contributed by atoms with Crippen LogP contribution in [0.4, 0.5) is 0 Å². The van der Waals surface area contributed by atoms with Gasteiger partial charge in [0.15, 0.2) is 0 Å². The lowest BCUT2D eigenvalue weighted by molar-refractivity contribution is 0.402. The van der Waals surface area contributed by atoms with Crippen molar-refractivity contribution in [1.29, 1.82) is 0 Å². The molecule has 0 radical (unpaired) electrons. The fourth-order valence-electron chi connectivity index (χ4n) is 1.32. The van der Waals surface area contributed by atoms with E-state index >= 15 is 0 Å². The Labute approximate surface area is 112 Å². The number of nitrogens with zero attached hydrogens (tertiary/aromatic N) is 2. The van der Waals surface area contributed by atoms with Crippen molar-refractivity contribution in [2.24, 2.45) is 0 Å². The van der Waals surface area contributed by atoms with E-state index in [0.717, 1.165) is 13.0 Å². The molecule has 0 saturated carbocycles. The molecule has 7 heteroatoms. The summed E-state index contributed by atoms with van der Waals surface area (Å²) < 4.78 is 27.6. The Morgan fingerprint density at radius 3 is 2.17 bits per heavy atom. The highest BCUT2D eigenvalue weighted by Crippen LogP contribution is 1.95. The van der Waals surface area contributed by atoms with Crippen molar-refractivity contribution in [1.82, 2.24) is 19.2 Å². The van der Waals surface area contributed by atoms with E-state index < -0.39 is 10.2 Å². The van der Waals surface area contributed by atoms with E-state index in [9.17, 15) is 8.42 Å². The number of hydrogen-bond donors (Lipinski definition) is 2. The van der Waals surface area contributed by atoms with Crippen LogP contribution in [-0.4, -0.2) is 71.0 Å². The van der Waals surface area contributed by atoms with Gasteiger partial charge in [0.2, 0.25) is 0 Å². The molecule has 0 atom stereocenters. The molecule has 0 aliphatic rings. The van der Waals surface area contributed by atoms with Gasteiger partial charge in [-0.05, 0) is 27.1 Å². The highest BCUT2D eigenvalue weighted by molar-refractivity contribution is 7.87. The summed E-state index contributed by atoms with van der Waals surface area (Å²) in [5.74, 6) is 0. The van der Waals surface area contributed by atoms with Gasteiger partial charge in [-0.15, -0.1) is 0 Å². The van der Waals surface area contributed by atoms with Gasteiger partial charge in [-0.1, -0.05) is 13.8 Å². The van der Waals surface area contributed by atoms with Gasteiger partial charge < -0.3 is 10.2 Å². The first-order valence-corrected chi connectivity index (χ1v) is 7.78. The Bertz CT molecular complexity index is 304. The predicted molar refractivity (Wildman–Crippen MR) is 75.9 cm³/mol. The van der Waals surface area contributed by atoms with Crippen LogP contribution in [0, 0.1) is 0 Å². The average molecular weight is 280 g/mol. The van der Waals surface area contributed by atoms with E-state index in [1.54, 1.807) is 7.05 Å². The molecule has 0 aromatic rings. The molecular formula is C11H28N4O2S. The Morgan fingerprint density at radius 1 is 1.06 bits per heavy atom. The van der Waals surface area contributed by atoms with Gasteiger partial charge in [0.05, 0.1) is 0 Å². The normalized spacial score (nSPS) is 12.9. The van der Waals surface area contributed by atoms with Crippen molar-refractivity contribution >= 4 is 10.2 Å². The molecule has 0 rings (SSSR count). The highest BCUT2D eigenvalue weighted by atomic mass is 32.2. The monoisotopic (exact) mass is 280 g/mol. The second kappa shape index (κ2) is 8.82. The van der Waals surface area contributed by atoms with Gasteiger partial charge in [0.1, 0.15) is 0 Å². The van der Waals surface area contributed by atoms with Crippen LogP contribution in [0.5, 0.6) is 0 Å². The summed E-state index contributed by atoms with van der Waals surface area (Å²) in [6, 6.07) is 0.435. The van der Waals surface area contributed by atoms with Gasteiger partial charge in [0.25, 0.3) is 10.2 Å². The lowest BCUT2D eigenvalue weighted by atomic mass is 10.3. The predicted octanol–water partition coefficient (Wildman–Crippen LogP) is -0.298. The quantitative estimate of drug-likeness (QED) is 0.539. The molecule has 18 heavy (non-hydrogen) atoms. The van der Waals surface area contributed by atoms with Crippen LogP contribution in [0.25, 0.3) is 0 Å². The van der Waals surface area contributed by atoms with Crippen LogP contribution in [0.3, 0.4) is 0 Å². The molecule has 0 fully saturated rings. The highest BCUT2D eigenvalue weighted by Gasteiger charge is 2.15. The molecular weight excluding hydrogens is 252 g/mol. The fraction of sp³-hybridized carbons (Fsp3) is 1.00.